The van der Waals surface area contributed by atoms with Crippen LogP contribution in [0.1, 0.15) is 22.1 Å². The van der Waals surface area contributed by atoms with E-state index in [4.69, 9.17) is 9.63 Å². The van der Waals surface area contributed by atoms with Gasteiger partial charge in [-0.15, -0.1) is 0 Å². The third-order valence-corrected chi connectivity index (χ3v) is 2.08. The van der Waals surface area contributed by atoms with Gasteiger partial charge in [0.1, 0.15) is 11.5 Å². The second kappa shape index (κ2) is 3.56. The molecular weight excluding hydrogens is 198 g/mol. The third-order valence-electron chi connectivity index (χ3n) is 2.08. The summed E-state index contributed by atoms with van der Waals surface area (Å²) >= 11 is 0. The van der Waals surface area contributed by atoms with Crippen LogP contribution in [0.5, 0.6) is 0 Å². The van der Waals surface area contributed by atoms with Crippen LogP contribution in [-0.4, -0.2) is 25.8 Å². The lowest BCUT2D eigenvalue weighted by atomic mass is 10.4. The van der Waals surface area contributed by atoms with Gasteiger partial charge in [0, 0.05) is 6.07 Å². The van der Waals surface area contributed by atoms with E-state index in [-0.39, 0.29) is 5.69 Å². The first-order valence-corrected chi connectivity index (χ1v) is 4.33. The van der Waals surface area contributed by atoms with Crippen LogP contribution in [-0.2, 0) is 6.54 Å². The predicted molar refractivity (Wildman–Crippen MR) is 49.5 cm³/mol. The molecule has 0 amide bonds. The number of aromatic carboxylic acids is 1. The van der Waals surface area contributed by atoms with Gasteiger partial charge in [0.05, 0.1) is 18.9 Å². The summed E-state index contributed by atoms with van der Waals surface area (Å²) in [4.78, 5) is 14.8. The molecule has 2 aromatic heterocycles. The van der Waals surface area contributed by atoms with E-state index in [0.29, 0.717) is 18.1 Å². The fourth-order valence-corrected chi connectivity index (χ4v) is 1.32. The average molecular weight is 207 g/mol. The zero-order chi connectivity index (χ0) is 10.8. The molecule has 0 atom stereocenters. The summed E-state index contributed by atoms with van der Waals surface area (Å²) in [6, 6.07) is 1.69. The fourth-order valence-electron chi connectivity index (χ4n) is 1.32. The maximum Gasteiger partial charge on any atom is 0.354 e. The molecule has 1 N–H and O–H groups in total. The van der Waals surface area contributed by atoms with E-state index < -0.39 is 5.97 Å². The second-order valence-corrected chi connectivity index (χ2v) is 3.06. The van der Waals surface area contributed by atoms with Gasteiger partial charge in [-0.3, -0.25) is 0 Å². The summed E-state index contributed by atoms with van der Waals surface area (Å²) in [5.74, 6) is 0.220. The number of nitrogens with zero attached hydrogens (tertiary/aromatic N) is 3. The van der Waals surface area contributed by atoms with Gasteiger partial charge in [-0.25, -0.2) is 9.78 Å². The summed E-state index contributed by atoms with van der Waals surface area (Å²) in [6.07, 6.45) is 2.84. The summed E-state index contributed by atoms with van der Waals surface area (Å²) in [6.45, 7) is 2.07. The molecule has 2 aromatic rings. The zero-order valence-electron chi connectivity index (χ0n) is 8.04. The van der Waals surface area contributed by atoms with Crippen molar-refractivity contribution in [1.82, 2.24) is 14.7 Å². The predicted octanol–water partition coefficient (Wildman–Crippen LogP) is 0.926. The molecule has 6 heteroatoms. The van der Waals surface area contributed by atoms with Gasteiger partial charge in [0.25, 0.3) is 0 Å². The van der Waals surface area contributed by atoms with Crippen molar-refractivity contribution in [3.05, 3.63) is 35.7 Å². The number of hydrogen-bond acceptors (Lipinski definition) is 4. The van der Waals surface area contributed by atoms with Crippen molar-refractivity contribution in [1.29, 1.82) is 0 Å². The monoisotopic (exact) mass is 207 g/mol. The lowest BCUT2D eigenvalue weighted by Gasteiger charge is -2.04. The topological polar surface area (TPSA) is 81.1 Å². The fraction of sp³-hybridized carbons (Fsp3) is 0.222. The Kier molecular flexibility index (Phi) is 2.24. The first kappa shape index (κ1) is 9.45. The number of carbonyl (C=O) groups is 1. The van der Waals surface area contributed by atoms with Crippen LogP contribution < -0.4 is 0 Å². The molecule has 0 radical (unpaired) electrons. The van der Waals surface area contributed by atoms with Crippen LogP contribution in [0.3, 0.4) is 0 Å². The normalized spacial score (nSPS) is 10.5. The van der Waals surface area contributed by atoms with Crippen molar-refractivity contribution >= 4 is 5.97 Å². The minimum Gasteiger partial charge on any atom is -0.477 e. The number of aryl methyl sites for hydroxylation is 1. The van der Waals surface area contributed by atoms with E-state index >= 15 is 0 Å². The molecule has 0 aliphatic carbocycles. The van der Waals surface area contributed by atoms with Crippen LogP contribution in [0.15, 0.2) is 23.0 Å². The highest BCUT2D eigenvalue weighted by atomic mass is 16.5. The highest BCUT2D eigenvalue weighted by Crippen LogP contribution is 2.09. The molecular formula is C9H9N3O3. The molecule has 78 valence electrons. The Labute approximate surface area is 85.1 Å². The van der Waals surface area contributed by atoms with Crippen molar-refractivity contribution in [2.75, 3.05) is 0 Å². The lowest BCUT2D eigenvalue weighted by molar-refractivity contribution is 0.0685. The standard InChI is InChI=1S/C9H9N3O3/c1-6-10-4-8(9(13)14)12(6)5-7-2-3-11-15-7/h2-4H,5H2,1H3,(H,13,14). The van der Waals surface area contributed by atoms with Crippen LogP contribution in [0.2, 0.25) is 0 Å². The van der Waals surface area contributed by atoms with Gasteiger partial charge in [-0.1, -0.05) is 5.16 Å². The Balaban J connectivity index is 2.35. The highest BCUT2D eigenvalue weighted by molar-refractivity contribution is 5.85. The molecule has 0 aliphatic heterocycles. The van der Waals surface area contributed by atoms with Crippen molar-refractivity contribution in [2.45, 2.75) is 13.5 Å². The van der Waals surface area contributed by atoms with E-state index in [9.17, 15) is 4.79 Å². The highest BCUT2D eigenvalue weighted by Gasteiger charge is 2.14. The number of rotatable bonds is 3. The molecule has 6 nitrogen and oxygen atoms in total. The van der Waals surface area contributed by atoms with Crippen molar-refractivity contribution < 1.29 is 14.4 Å². The van der Waals surface area contributed by atoms with Gasteiger partial charge in [-0.2, -0.15) is 0 Å². The van der Waals surface area contributed by atoms with Gasteiger partial charge in [0.15, 0.2) is 5.76 Å². The minimum atomic E-state index is -1.00. The summed E-state index contributed by atoms with van der Waals surface area (Å²) in [5.41, 5.74) is 0.143. The Hall–Kier alpha value is -2.11. The number of carboxylic acid groups (broad SMARTS) is 1. The Morgan fingerprint density at radius 3 is 3.07 bits per heavy atom. The third kappa shape index (κ3) is 1.74. The molecule has 2 rings (SSSR count). The molecule has 0 bridgehead atoms. The zero-order valence-corrected chi connectivity index (χ0v) is 8.04. The molecule has 0 saturated carbocycles. The molecule has 0 fully saturated rings. The SMILES string of the molecule is Cc1ncc(C(=O)O)n1Cc1ccno1. The van der Waals surface area contributed by atoms with Gasteiger partial charge >= 0.3 is 5.97 Å². The smallest absolute Gasteiger partial charge is 0.354 e. The number of hydrogen-bond donors (Lipinski definition) is 1. The Bertz CT molecular complexity index is 473. The maximum absolute atomic E-state index is 10.9. The first-order chi connectivity index (χ1) is 7.18. The molecule has 0 aromatic carbocycles. The molecule has 0 aliphatic rings. The summed E-state index contributed by atoms with van der Waals surface area (Å²) in [5, 5.41) is 12.5. The van der Waals surface area contributed by atoms with Gasteiger partial charge < -0.3 is 14.2 Å². The largest absolute Gasteiger partial charge is 0.477 e. The average Bonchev–Trinajstić information content (AvgIpc) is 2.78. The minimum absolute atomic E-state index is 0.143. The van der Waals surface area contributed by atoms with Crippen LogP contribution in [0.25, 0.3) is 0 Å². The Morgan fingerprint density at radius 2 is 2.47 bits per heavy atom. The maximum atomic E-state index is 10.9. The van der Waals surface area contributed by atoms with Crippen molar-refractivity contribution in [3.63, 3.8) is 0 Å². The number of carboxylic acids is 1. The van der Waals surface area contributed by atoms with Gasteiger partial charge in [0.2, 0.25) is 0 Å². The first-order valence-electron chi connectivity index (χ1n) is 4.33. The van der Waals surface area contributed by atoms with E-state index in [1.807, 2.05) is 0 Å². The number of imidazole rings is 1. The van der Waals surface area contributed by atoms with Crippen molar-refractivity contribution in [2.24, 2.45) is 0 Å². The van der Waals surface area contributed by atoms with E-state index in [1.54, 1.807) is 17.6 Å². The van der Waals surface area contributed by atoms with E-state index in [2.05, 4.69) is 10.1 Å². The van der Waals surface area contributed by atoms with Crippen LogP contribution in [0, 0.1) is 6.92 Å². The Morgan fingerprint density at radius 1 is 1.67 bits per heavy atom. The molecule has 15 heavy (non-hydrogen) atoms. The van der Waals surface area contributed by atoms with Gasteiger partial charge in [-0.05, 0) is 6.92 Å². The van der Waals surface area contributed by atoms with Crippen LogP contribution in [0.4, 0.5) is 0 Å². The number of aromatic nitrogens is 3. The lowest BCUT2D eigenvalue weighted by Crippen LogP contribution is -2.10. The van der Waals surface area contributed by atoms with E-state index in [0.717, 1.165) is 0 Å². The van der Waals surface area contributed by atoms with Crippen molar-refractivity contribution in [3.8, 4) is 0 Å². The van der Waals surface area contributed by atoms with E-state index in [1.165, 1.54) is 12.4 Å². The summed E-state index contributed by atoms with van der Waals surface area (Å²) < 4.78 is 6.46. The molecule has 2 heterocycles. The van der Waals surface area contributed by atoms with Crippen LogP contribution >= 0.6 is 0 Å². The second-order valence-electron chi connectivity index (χ2n) is 3.06. The molecule has 0 unspecified atom stereocenters. The quantitative estimate of drug-likeness (QED) is 0.809. The molecule has 0 saturated heterocycles. The summed E-state index contributed by atoms with van der Waals surface area (Å²) in [7, 11) is 0. The molecule has 0 spiro atoms.